The molecule has 3 aromatic heterocycles. The summed E-state index contributed by atoms with van der Waals surface area (Å²) in [5.74, 6) is -0.745. The third kappa shape index (κ3) is 9.06. The molecule has 0 aliphatic rings. The molecule has 3 heterocycles. The van der Waals surface area contributed by atoms with Gasteiger partial charge in [0.2, 0.25) is 0 Å². The van der Waals surface area contributed by atoms with E-state index in [-0.39, 0.29) is 18.8 Å². The largest absolute Gasteiger partial charge is 0.459 e. The zero-order chi connectivity index (χ0) is 28.0. The summed E-state index contributed by atoms with van der Waals surface area (Å²) in [5.41, 5.74) is 3.35. The van der Waals surface area contributed by atoms with Gasteiger partial charge in [-0.25, -0.2) is 9.59 Å². The van der Waals surface area contributed by atoms with E-state index in [0.717, 1.165) is 22.5 Å². The van der Waals surface area contributed by atoms with Crippen molar-refractivity contribution in [2.45, 2.75) is 13.5 Å². The normalized spacial score (nSPS) is 11.1. The van der Waals surface area contributed by atoms with Gasteiger partial charge in [-0.15, -0.1) is 0 Å². The first-order chi connectivity index (χ1) is 19.6. The van der Waals surface area contributed by atoms with Crippen LogP contribution in [0.5, 0.6) is 0 Å². The number of rotatable bonds is 16. The maximum Gasteiger partial charge on any atom is 0.351 e. The Labute approximate surface area is 231 Å². The Hall–Kier alpha value is -3.96. The van der Waals surface area contributed by atoms with Crippen LogP contribution < -0.4 is 5.63 Å². The van der Waals surface area contributed by atoms with E-state index in [0.29, 0.717) is 57.2 Å². The molecule has 1 aromatic carbocycles. The first-order valence-electron chi connectivity index (χ1n) is 13.0. The van der Waals surface area contributed by atoms with Crippen molar-refractivity contribution in [2.75, 3.05) is 52.9 Å². The van der Waals surface area contributed by atoms with Gasteiger partial charge in [0.15, 0.2) is 0 Å². The van der Waals surface area contributed by atoms with E-state index in [2.05, 4.69) is 9.97 Å². The van der Waals surface area contributed by atoms with E-state index in [1.165, 1.54) is 6.07 Å². The molecule has 10 nitrogen and oxygen atoms in total. The second kappa shape index (κ2) is 15.6. The Balaban J connectivity index is 0.982. The standard InChI is InChI=1S/C30H32N2O8/c1-22-6-8-31-26(18-22)27-19-23(7-9-32-27)21-38-15-14-36-11-10-35-12-13-37-16-17-39-29(33)25-20-24-4-2-3-5-28(24)40-30(25)34/h2-9,18-20H,10-17,21H2,1H3. The van der Waals surface area contributed by atoms with Crippen LogP contribution in [0.3, 0.4) is 0 Å². The topological polar surface area (TPSA) is 119 Å². The number of aromatic nitrogens is 2. The summed E-state index contributed by atoms with van der Waals surface area (Å²) in [5, 5.41) is 0.648. The first-order valence-corrected chi connectivity index (χ1v) is 13.0. The van der Waals surface area contributed by atoms with Gasteiger partial charge in [0, 0.05) is 17.8 Å². The van der Waals surface area contributed by atoms with E-state index < -0.39 is 11.6 Å². The van der Waals surface area contributed by atoms with Gasteiger partial charge < -0.3 is 28.1 Å². The van der Waals surface area contributed by atoms with Crippen LogP contribution in [-0.2, 0) is 30.3 Å². The van der Waals surface area contributed by atoms with Crippen LogP contribution in [0.4, 0.5) is 0 Å². The van der Waals surface area contributed by atoms with Crippen LogP contribution in [0.2, 0.25) is 0 Å². The predicted octanol–water partition coefficient (Wildman–Crippen LogP) is 3.98. The number of esters is 1. The highest BCUT2D eigenvalue weighted by molar-refractivity contribution is 5.92. The Kier molecular flexibility index (Phi) is 11.3. The molecule has 0 amide bonds. The van der Waals surface area contributed by atoms with Gasteiger partial charge in [-0.05, 0) is 54.4 Å². The monoisotopic (exact) mass is 548 g/mol. The van der Waals surface area contributed by atoms with Crippen LogP contribution in [0.1, 0.15) is 21.5 Å². The van der Waals surface area contributed by atoms with Crippen molar-refractivity contribution in [3.8, 4) is 11.4 Å². The Morgan fingerprint density at radius 1 is 0.750 bits per heavy atom. The molecule has 0 fully saturated rings. The molecule has 0 spiro atoms. The molecule has 0 radical (unpaired) electrons. The fraction of sp³-hybridized carbons (Fsp3) is 0.333. The van der Waals surface area contributed by atoms with E-state index in [4.69, 9.17) is 28.1 Å². The number of pyridine rings is 2. The third-order valence-corrected chi connectivity index (χ3v) is 5.71. The minimum absolute atomic E-state index is 0.0117. The van der Waals surface area contributed by atoms with Crippen molar-refractivity contribution in [2.24, 2.45) is 0 Å². The number of fused-ring (bicyclic) bond motifs is 1. The molecule has 0 saturated heterocycles. The van der Waals surface area contributed by atoms with Crippen LogP contribution in [0.15, 0.2) is 76.2 Å². The van der Waals surface area contributed by atoms with Crippen LogP contribution >= 0.6 is 0 Å². The van der Waals surface area contributed by atoms with Crippen molar-refractivity contribution in [3.63, 3.8) is 0 Å². The molecule has 0 aliphatic carbocycles. The minimum atomic E-state index is -0.745. The number of benzene rings is 1. The lowest BCUT2D eigenvalue weighted by Crippen LogP contribution is -2.19. The molecular weight excluding hydrogens is 516 g/mol. The van der Waals surface area contributed by atoms with Gasteiger partial charge in [-0.3, -0.25) is 9.97 Å². The fourth-order valence-corrected chi connectivity index (χ4v) is 3.71. The van der Waals surface area contributed by atoms with Gasteiger partial charge in [-0.1, -0.05) is 18.2 Å². The molecule has 0 aliphatic heterocycles. The molecule has 0 saturated carbocycles. The Morgan fingerprint density at radius 2 is 1.38 bits per heavy atom. The number of carbonyl (C=O) groups is 1. The van der Waals surface area contributed by atoms with E-state index in [1.807, 2.05) is 31.2 Å². The number of hydrogen-bond donors (Lipinski definition) is 0. The van der Waals surface area contributed by atoms with Gasteiger partial charge >= 0.3 is 11.6 Å². The van der Waals surface area contributed by atoms with Crippen LogP contribution in [-0.4, -0.2) is 68.8 Å². The summed E-state index contributed by atoms with van der Waals surface area (Å²) in [4.78, 5) is 32.9. The molecule has 4 rings (SSSR count). The summed E-state index contributed by atoms with van der Waals surface area (Å²) < 4.78 is 32.3. The molecule has 0 N–H and O–H groups in total. The van der Waals surface area contributed by atoms with Gasteiger partial charge in [0.05, 0.1) is 64.2 Å². The van der Waals surface area contributed by atoms with E-state index in [1.54, 1.807) is 36.7 Å². The third-order valence-electron chi connectivity index (χ3n) is 5.71. The van der Waals surface area contributed by atoms with Crippen LogP contribution in [0.25, 0.3) is 22.4 Å². The summed E-state index contributed by atoms with van der Waals surface area (Å²) in [6.45, 7) is 5.18. The fourth-order valence-electron chi connectivity index (χ4n) is 3.71. The van der Waals surface area contributed by atoms with Gasteiger partial charge in [-0.2, -0.15) is 0 Å². The highest BCUT2D eigenvalue weighted by atomic mass is 16.6. The average Bonchev–Trinajstić information content (AvgIpc) is 2.97. The number of nitrogens with zero attached hydrogens (tertiary/aromatic N) is 2. The second-order valence-corrected chi connectivity index (χ2v) is 8.78. The van der Waals surface area contributed by atoms with E-state index >= 15 is 0 Å². The van der Waals surface area contributed by atoms with Crippen molar-refractivity contribution >= 4 is 16.9 Å². The zero-order valence-electron chi connectivity index (χ0n) is 22.4. The SMILES string of the molecule is Cc1ccnc(-c2cc(COCCOCCOCCOCCOC(=O)c3cc4ccccc4oc3=O)ccn2)c1. The molecule has 10 heteroatoms. The average molecular weight is 549 g/mol. The van der Waals surface area contributed by atoms with Crippen molar-refractivity contribution in [1.29, 1.82) is 0 Å². The van der Waals surface area contributed by atoms with Gasteiger partial charge in [0.25, 0.3) is 0 Å². The summed E-state index contributed by atoms with van der Waals surface area (Å²) in [7, 11) is 0. The van der Waals surface area contributed by atoms with Gasteiger partial charge in [0.1, 0.15) is 17.8 Å². The Bertz CT molecular complexity index is 1440. The summed E-state index contributed by atoms with van der Waals surface area (Å²) in [6, 6.07) is 16.3. The predicted molar refractivity (Wildman–Crippen MR) is 147 cm³/mol. The lowest BCUT2D eigenvalue weighted by atomic mass is 10.1. The van der Waals surface area contributed by atoms with Crippen molar-refractivity contribution in [3.05, 3.63) is 94.1 Å². The molecule has 0 bridgehead atoms. The summed E-state index contributed by atoms with van der Waals surface area (Å²) in [6.07, 6.45) is 3.54. The first kappa shape index (κ1) is 29.0. The maximum absolute atomic E-state index is 12.2. The lowest BCUT2D eigenvalue weighted by Gasteiger charge is -2.08. The van der Waals surface area contributed by atoms with Crippen molar-refractivity contribution in [1.82, 2.24) is 9.97 Å². The smallest absolute Gasteiger partial charge is 0.351 e. The molecule has 40 heavy (non-hydrogen) atoms. The Morgan fingerprint density at radius 3 is 2.10 bits per heavy atom. The van der Waals surface area contributed by atoms with E-state index in [9.17, 15) is 9.59 Å². The molecule has 4 aromatic rings. The quantitative estimate of drug-likeness (QED) is 0.116. The summed E-state index contributed by atoms with van der Waals surface area (Å²) >= 11 is 0. The number of para-hydroxylation sites is 1. The minimum Gasteiger partial charge on any atom is -0.459 e. The molecule has 0 atom stereocenters. The number of aryl methyl sites for hydroxylation is 1. The van der Waals surface area contributed by atoms with Crippen molar-refractivity contribution < 1.29 is 32.9 Å². The number of hydrogen-bond acceptors (Lipinski definition) is 10. The second-order valence-electron chi connectivity index (χ2n) is 8.78. The maximum atomic E-state index is 12.2. The number of carbonyl (C=O) groups excluding carboxylic acids is 1. The highest BCUT2D eigenvalue weighted by Crippen LogP contribution is 2.17. The molecule has 0 unspecified atom stereocenters. The van der Waals surface area contributed by atoms with Crippen LogP contribution in [0, 0.1) is 6.92 Å². The molecular formula is C30H32N2O8. The number of ether oxygens (including phenoxy) is 5. The lowest BCUT2D eigenvalue weighted by molar-refractivity contribution is -0.0105. The molecule has 210 valence electrons. The highest BCUT2D eigenvalue weighted by Gasteiger charge is 2.15. The zero-order valence-corrected chi connectivity index (χ0v) is 22.4.